The monoisotopic (exact) mass is 338 g/mol. The minimum atomic E-state index is 0.871. The van der Waals surface area contributed by atoms with Gasteiger partial charge >= 0.3 is 0 Å². The van der Waals surface area contributed by atoms with Gasteiger partial charge in [0.1, 0.15) is 11.5 Å². The number of methoxy groups -OCH3 is 2. The zero-order chi connectivity index (χ0) is 17.7. The molecule has 5 rings (SSSR count). The maximum absolute atomic E-state index is 5.60. The van der Waals surface area contributed by atoms with Gasteiger partial charge in [-0.2, -0.15) is 0 Å². The predicted molar refractivity (Wildman–Crippen MR) is 109 cm³/mol. The van der Waals surface area contributed by atoms with E-state index in [2.05, 4.69) is 60.7 Å². The second-order valence-corrected chi connectivity index (χ2v) is 6.54. The van der Waals surface area contributed by atoms with Gasteiger partial charge in [-0.05, 0) is 63.0 Å². The highest BCUT2D eigenvalue weighted by atomic mass is 16.5. The molecule has 2 nitrogen and oxygen atoms in total. The predicted octanol–water partition coefficient (Wildman–Crippen LogP) is 6.27. The minimum absolute atomic E-state index is 0.871. The fraction of sp³-hybridized carbons (Fsp3) is 0.0833. The van der Waals surface area contributed by atoms with Crippen molar-refractivity contribution in [3.63, 3.8) is 0 Å². The van der Waals surface area contributed by atoms with Crippen molar-refractivity contribution < 1.29 is 9.47 Å². The molecular weight excluding hydrogens is 320 g/mol. The first-order valence-electron chi connectivity index (χ1n) is 8.69. The van der Waals surface area contributed by atoms with Crippen molar-refractivity contribution in [2.24, 2.45) is 0 Å². The van der Waals surface area contributed by atoms with Gasteiger partial charge in [0, 0.05) is 10.8 Å². The van der Waals surface area contributed by atoms with Crippen molar-refractivity contribution in [3.05, 3.63) is 72.8 Å². The van der Waals surface area contributed by atoms with Crippen molar-refractivity contribution in [2.75, 3.05) is 14.2 Å². The minimum Gasteiger partial charge on any atom is -0.497 e. The van der Waals surface area contributed by atoms with Crippen LogP contribution < -0.4 is 9.47 Å². The Hall–Kier alpha value is -3.26. The molecule has 0 aliphatic heterocycles. The average Bonchev–Trinajstić information content (AvgIpc) is 2.71. The van der Waals surface area contributed by atoms with Gasteiger partial charge in [0.15, 0.2) is 0 Å². The van der Waals surface area contributed by atoms with Gasteiger partial charge in [0.05, 0.1) is 14.2 Å². The summed E-state index contributed by atoms with van der Waals surface area (Å²) in [5, 5.41) is 7.48. The number of rotatable bonds is 3. The highest BCUT2D eigenvalue weighted by molar-refractivity contribution is 6.27. The molecule has 0 heterocycles. The van der Waals surface area contributed by atoms with Gasteiger partial charge in [-0.1, -0.05) is 42.5 Å². The van der Waals surface area contributed by atoms with Crippen molar-refractivity contribution in [3.8, 4) is 22.6 Å². The molecule has 26 heavy (non-hydrogen) atoms. The van der Waals surface area contributed by atoms with Crippen LogP contribution in [0.25, 0.3) is 43.4 Å². The summed E-state index contributed by atoms with van der Waals surface area (Å²) in [4.78, 5) is 0. The SMILES string of the molecule is COc1ccc(-c2cc3ccc(OC)c4ccc5cccc2c5c34)cc1. The second-order valence-electron chi connectivity index (χ2n) is 6.54. The van der Waals surface area contributed by atoms with Crippen molar-refractivity contribution >= 4 is 32.3 Å². The zero-order valence-corrected chi connectivity index (χ0v) is 14.7. The molecule has 0 spiro atoms. The number of benzene rings is 5. The first kappa shape index (κ1) is 15.0. The standard InChI is InChI=1S/C24H18O2/c1-25-18-10-6-15(7-11-18)21-14-17-9-13-22(26-2)20-12-8-16-4-3-5-19(21)23(16)24(17)20/h3-14H,1-2H3. The van der Waals surface area contributed by atoms with Gasteiger partial charge in [0.25, 0.3) is 0 Å². The lowest BCUT2D eigenvalue weighted by Gasteiger charge is -2.16. The maximum Gasteiger partial charge on any atom is 0.126 e. The lowest BCUT2D eigenvalue weighted by molar-refractivity contribution is 0.415. The highest BCUT2D eigenvalue weighted by Crippen LogP contribution is 2.42. The van der Waals surface area contributed by atoms with E-state index in [9.17, 15) is 0 Å². The lowest BCUT2D eigenvalue weighted by Crippen LogP contribution is -1.91. The van der Waals surface area contributed by atoms with Crippen molar-refractivity contribution in [1.29, 1.82) is 0 Å². The van der Waals surface area contributed by atoms with E-state index in [1.807, 2.05) is 12.1 Å². The Balaban J connectivity index is 1.93. The molecule has 126 valence electrons. The van der Waals surface area contributed by atoms with Gasteiger partial charge < -0.3 is 9.47 Å². The Morgan fingerprint density at radius 2 is 1.38 bits per heavy atom. The van der Waals surface area contributed by atoms with Gasteiger partial charge in [-0.25, -0.2) is 0 Å². The molecule has 0 atom stereocenters. The summed E-state index contributed by atoms with van der Waals surface area (Å²) in [6.45, 7) is 0. The third kappa shape index (κ3) is 2.05. The molecule has 2 heteroatoms. The van der Waals surface area contributed by atoms with Crippen LogP contribution in [-0.4, -0.2) is 14.2 Å². The first-order valence-corrected chi connectivity index (χ1v) is 8.69. The third-order valence-electron chi connectivity index (χ3n) is 5.22. The van der Waals surface area contributed by atoms with Crippen LogP contribution >= 0.6 is 0 Å². The first-order chi connectivity index (χ1) is 12.8. The van der Waals surface area contributed by atoms with E-state index in [4.69, 9.17) is 9.47 Å². The Morgan fingerprint density at radius 1 is 0.615 bits per heavy atom. The summed E-state index contributed by atoms with van der Waals surface area (Å²) >= 11 is 0. The van der Waals surface area contributed by atoms with Crippen LogP contribution in [0.2, 0.25) is 0 Å². The Labute approximate surface area is 151 Å². The van der Waals surface area contributed by atoms with E-state index in [0.29, 0.717) is 0 Å². The number of hydrogen-bond donors (Lipinski definition) is 0. The van der Waals surface area contributed by atoms with Crippen LogP contribution in [0.4, 0.5) is 0 Å². The summed E-state index contributed by atoms with van der Waals surface area (Å²) < 4.78 is 10.9. The number of hydrogen-bond acceptors (Lipinski definition) is 2. The summed E-state index contributed by atoms with van der Waals surface area (Å²) in [6.07, 6.45) is 0. The Bertz CT molecular complexity index is 1240. The largest absolute Gasteiger partial charge is 0.497 e. The van der Waals surface area contributed by atoms with Crippen molar-refractivity contribution in [2.45, 2.75) is 0 Å². The van der Waals surface area contributed by atoms with Crippen LogP contribution in [0.1, 0.15) is 0 Å². The summed E-state index contributed by atoms with van der Waals surface area (Å²) in [5.41, 5.74) is 2.43. The summed E-state index contributed by atoms with van der Waals surface area (Å²) in [6, 6.07) is 25.6. The molecular formula is C24H18O2. The molecule has 0 radical (unpaired) electrons. The molecule has 0 amide bonds. The van der Waals surface area contributed by atoms with E-state index in [0.717, 1.165) is 16.9 Å². The van der Waals surface area contributed by atoms with E-state index in [-0.39, 0.29) is 0 Å². The Kier molecular flexibility index (Phi) is 3.26. The van der Waals surface area contributed by atoms with Gasteiger partial charge in [0.2, 0.25) is 0 Å². The molecule has 0 N–H and O–H groups in total. The maximum atomic E-state index is 5.60. The second kappa shape index (κ2) is 5.63. The lowest BCUT2D eigenvalue weighted by atomic mass is 9.89. The van der Waals surface area contributed by atoms with Crippen LogP contribution in [0.5, 0.6) is 11.5 Å². The topological polar surface area (TPSA) is 18.5 Å². The molecule has 0 saturated carbocycles. The van der Waals surface area contributed by atoms with Crippen LogP contribution in [0, 0.1) is 0 Å². The van der Waals surface area contributed by atoms with E-state index in [1.165, 1.54) is 38.1 Å². The molecule has 0 aromatic heterocycles. The van der Waals surface area contributed by atoms with Gasteiger partial charge in [-0.15, -0.1) is 0 Å². The molecule has 5 aromatic carbocycles. The fourth-order valence-electron chi connectivity index (χ4n) is 3.99. The van der Waals surface area contributed by atoms with Crippen LogP contribution in [0.15, 0.2) is 72.8 Å². The Morgan fingerprint density at radius 3 is 2.15 bits per heavy atom. The smallest absolute Gasteiger partial charge is 0.126 e. The molecule has 0 saturated heterocycles. The van der Waals surface area contributed by atoms with E-state index >= 15 is 0 Å². The van der Waals surface area contributed by atoms with Crippen LogP contribution in [0.3, 0.4) is 0 Å². The molecule has 0 fully saturated rings. The highest BCUT2D eigenvalue weighted by Gasteiger charge is 2.15. The molecule has 0 bridgehead atoms. The normalized spacial score (nSPS) is 11.5. The average molecular weight is 338 g/mol. The summed E-state index contributed by atoms with van der Waals surface area (Å²) in [5.74, 6) is 1.79. The van der Waals surface area contributed by atoms with E-state index in [1.54, 1.807) is 14.2 Å². The van der Waals surface area contributed by atoms with Crippen molar-refractivity contribution in [1.82, 2.24) is 0 Å². The van der Waals surface area contributed by atoms with E-state index < -0.39 is 0 Å². The molecule has 5 aromatic rings. The molecule has 0 aliphatic carbocycles. The quantitative estimate of drug-likeness (QED) is 0.361. The van der Waals surface area contributed by atoms with Gasteiger partial charge in [-0.3, -0.25) is 0 Å². The zero-order valence-electron chi connectivity index (χ0n) is 14.7. The third-order valence-corrected chi connectivity index (χ3v) is 5.22. The number of ether oxygens (including phenoxy) is 2. The molecule has 0 unspecified atom stereocenters. The summed E-state index contributed by atoms with van der Waals surface area (Å²) in [7, 11) is 3.43. The molecule has 0 aliphatic rings. The fourth-order valence-corrected chi connectivity index (χ4v) is 3.99. The van der Waals surface area contributed by atoms with Crippen LogP contribution in [-0.2, 0) is 0 Å².